The lowest BCUT2D eigenvalue weighted by Crippen LogP contribution is -2.28. The van der Waals surface area contributed by atoms with Gasteiger partial charge in [0.15, 0.2) is 6.33 Å². The lowest BCUT2D eigenvalue weighted by Gasteiger charge is -2.17. The van der Waals surface area contributed by atoms with Crippen LogP contribution in [0.4, 0.5) is 0 Å². The Morgan fingerprint density at radius 2 is 1.90 bits per heavy atom. The first-order valence-electron chi connectivity index (χ1n) is 10.2. The third-order valence-corrected chi connectivity index (χ3v) is 5.37. The van der Waals surface area contributed by atoms with Gasteiger partial charge in [0.1, 0.15) is 24.2 Å². The van der Waals surface area contributed by atoms with Gasteiger partial charge >= 0.3 is 0 Å². The minimum atomic E-state index is -0.769. The van der Waals surface area contributed by atoms with Crippen LogP contribution in [0, 0.1) is 0 Å². The molecule has 162 valence electrons. The zero-order valence-corrected chi connectivity index (χ0v) is 17.3. The summed E-state index contributed by atoms with van der Waals surface area (Å²) in [5.41, 5.74) is 1.84. The molecule has 0 saturated carbocycles. The summed E-state index contributed by atoms with van der Waals surface area (Å²) in [7, 11) is 1.65. The van der Waals surface area contributed by atoms with Crippen LogP contribution >= 0.6 is 0 Å². The maximum absolute atomic E-state index is 12.9. The summed E-state index contributed by atoms with van der Waals surface area (Å²) in [5, 5.41) is 21.1. The number of rotatable bonds is 8. The van der Waals surface area contributed by atoms with E-state index in [2.05, 4.69) is 27.5 Å². The van der Waals surface area contributed by atoms with E-state index in [0.717, 1.165) is 18.7 Å². The smallest absolute Gasteiger partial charge is 0.253 e. The molecule has 2 aromatic carbocycles. The quantitative estimate of drug-likeness (QED) is 0.589. The largest absolute Gasteiger partial charge is 0.497 e. The van der Waals surface area contributed by atoms with Gasteiger partial charge in [-0.2, -0.15) is 4.80 Å². The molecule has 1 aliphatic rings. The fraction of sp³-hybridized carbons (Fsp3) is 0.364. The van der Waals surface area contributed by atoms with E-state index in [1.165, 1.54) is 16.7 Å². The third kappa shape index (κ3) is 5.18. The number of aliphatic hydroxyl groups excluding tert-OH is 1. The molecule has 1 aromatic heterocycles. The van der Waals surface area contributed by atoms with Crippen LogP contribution in [0.25, 0.3) is 0 Å². The summed E-state index contributed by atoms with van der Waals surface area (Å²) in [4.78, 5) is 16.1. The Morgan fingerprint density at radius 1 is 1.16 bits per heavy atom. The molecule has 0 bridgehead atoms. The Hall–Kier alpha value is -3.46. The number of aliphatic hydroxyl groups is 1. The van der Waals surface area contributed by atoms with Crippen LogP contribution in [-0.4, -0.2) is 69.0 Å². The highest BCUT2D eigenvalue weighted by Gasteiger charge is 2.28. The number of carbonyl (C=O) groups excluding carboxylic acids is 1. The molecular weight excluding hydrogens is 398 g/mol. The molecule has 4 rings (SSSR count). The second-order valence-corrected chi connectivity index (χ2v) is 7.49. The number of ether oxygens (including phenoxy) is 2. The van der Waals surface area contributed by atoms with Crippen LogP contribution in [0.3, 0.4) is 0 Å². The molecule has 0 radical (unpaired) electrons. The number of amides is 1. The minimum absolute atomic E-state index is 0.0138. The van der Waals surface area contributed by atoms with Crippen molar-refractivity contribution in [1.82, 2.24) is 25.1 Å². The molecule has 1 saturated heterocycles. The second kappa shape index (κ2) is 9.57. The van der Waals surface area contributed by atoms with Gasteiger partial charge in [0.2, 0.25) is 0 Å². The first-order valence-corrected chi connectivity index (χ1v) is 10.2. The van der Waals surface area contributed by atoms with E-state index < -0.39 is 6.10 Å². The van der Waals surface area contributed by atoms with E-state index in [9.17, 15) is 9.90 Å². The molecule has 1 fully saturated rings. The molecule has 1 aliphatic heterocycles. The van der Waals surface area contributed by atoms with Gasteiger partial charge in [0, 0.05) is 24.6 Å². The lowest BCUT2D eigenvalue weighted by molar-refractivity contribution is 0.0788. The Kier molecular flexibility index (Phi) is 6.42. The van der Waals surface area contributed by atoms with Crippen molar-refractivity contribution in [2.45, 2.75) is 25.0 Å². The summed E-state index contributed by atoms with van der Waals surface area (Å²) in [6.45, 7) is 1.72. The number of carbonyl (C=O) groups is 1. The molecule has 0 aliphatic carbocycles. The van der Waals surface area contributed by atoms with Gasteiger partial charge in [-0.05, 0) is 53.6 Å². The van der Waals surface area contributed by atoms with Crippen molar-refractivity contribution in [3.05, 3.63) is 66.0 Å². The maximum atomic E-state index is 12.9. The minimum Gasteiger partial charge on any atom is -0.497 e. The zero-order valence-electron chi connectivity index (χ0n) is 17.3. The average Bonchev–Trinajstić information content (AvgIpc) is 3.50. The van der Waals surface area contributed by atoms with E-state index in [1.54, 1.807) is 31.4 Å². The SMILES string of the molecule is COc1ccc(C2CCN(C(=O)c3ccc(OCC(O)Cn4ncnn4)cc3)C2)cc1. The summed E-state index contributed by atoms with van der Waals surface area (Å²) >= 11 is 0. The van der Waals surface area contributed by atoms with Crippen LogP contribution < -0.4 is 9.47 Å². The van der Waals surface area contributed by atoms with Crippen molar-refractivity contribution < 1.29 is 19.4 Å². The number of likely N-dealkylation sites (tertiary alicyclic amines) is 1. The molecule has 2 unspecified atom stereocenters. The summed E-state index contributed by atoms with van der Waals surface area (Å²) in [5.74, 6) is 1.76. The lowest BCUT2D eigenvalue weighted by atomic mass is 9.98. The Balaban J connectivity index is 1.28. The van der Waals surface area contributed by atoms with Crippen LogP contribution in [0.5, 0.6) is 11.5 Å². The van der Waals surface area contributed by atoms with Crippen molar-refractivity contribution in [3.8, 4) is 11.5 Å². The molecule has 3 aromatic rings. The van der Waals surface area contributed by atoms with Crippen LogP contribution in [0.2, 0.25) is 0 Å². The van der Waals surface area contributed by atoms with Crippen molar-refractivity contribution >= 4 is 5.91 Å². The van der Waals surface area contributed by atoms with Crippen LogP contribution in [-0.2, 0) is 6.54 Å². The highest BCUT2D eigenvalue weighted by molar-refractivity contribution is 5.94. The summed E-state index contributed by atoms with van der Waals surface area (Å²) < 4.78 is 10.8. The van der Waals surface area contributed by atoms with E-state index in [-0.39, 0.29) is 19.1 Å². The molecule has 2 heterocycles. The van der Waals surface area contributed by atoms with Crippen molar-refractivity contribution in [2.24, 2.45) is 0 Å². The zero-order chi connectivity index (χ0) is 21.6. The number of methoxy groups -OCH3 is 1. The molecule has 1 N–H and O–H groups in total. The number of hydrogen-bond donors (Lipinski definition) is 1. The standard InChI is InChI=1S/C22H25N5O4/c1-30-20-6-2-16(3-7-20)18-10-11-26(12-18)22(29)17-4-8-21(9-5-17)31-14-19(28)13-27-24-15-23-25-27/h2-9,15,18-19,28H,10-14H2,1H3. The van der Waals surface area contributed by atoms with E-state index in [0.29, 0.717) is 23.8 Å². The predicted octanol–water partition coefficient (Wildman–Crippen LogP) is 1.75. The summed E-state index contributed by atoms with van der Waals surface area (Å²) in [6, 6.07) is 15.0. The fourth-order valence-corrected chi connectivity index (χ4v) is 3.67. The Labute approximate surface area is 180 Å². The van der Waals surface area contributed by atoms with Gasteiger partial charge in [-0.3, -0.25) is 4.79 Å². The van der Waals surface area contributed by atoms with Gasteiger partial charge in [0.25, 0.3) is 5.91 Å². The van der Waals surface area contributed by atoms with E-state index in [1.807, 2.05) is 17.0 Å². The first kappa shape index (κ1) is 20.8. The van der Waals surface area contributed by atoms with Gasteiger partial charge in [-0.25, -0.2) is 0 Å². The number of hydrogen-bond acceptors (Lipinski definition) is 7. The average molecular weight is 423 g/mol. The van der Waals surface area contributed by atoms with E-state index in [4.69, 9.17) is 9.47 Å². The van der Waals surface area contributed by atoms with Crippen molar-refractivity contribution in [1.29, 1.82) is 0 Å². The van der Waals surface area contributed by atoms with Crippen LogP contribution in [0.1, 0.15) is 28.3 Å². The van der Waals surface area contributed by atoms with Crippen molar-refractivity contribution in [3.63, 3.8) is 0 Å². The normalized spacial score (nSPS) is 16.8. The first-order chi connectivity index (χ1) is 15.1. The molecule has 2 atom stereocenters. The van der Waals surface area contributed by atoms with Gasteiger partial charge in [0.05, 0.1) is 13.7 Å². The fourth-order valence-electron chi connectivity index (χ4n) is 3.67. The third-order valence-electron chi connectivity index (χ3n) is 5.37. The van der Waals surface area contributed by atoms with Gasteiger partial charge in [-0.15, -0.1) is 10.2 Å². The monoisotopic (exact) mass is 423 g/mol. The van der Waals surface area contributed by atoms with Gasteiger partial charge < -0.3 is 19.5 Å². The number of aromatic nitrogens is 4. The maximum Gasteiger partial charge on any atom is 0.253 e. The molecule has 9 heteroatoms. The van der Waals surface area contributed by atoms with E-state index >= 15 is 0 Å². The summed E-state index contributed by atoms with van der Waals surface area (Å²) in [6.07, 6.45) is 1.48. The Bertz CT molecular complexity index is 976. The Morgan fingerprint density at radius 3 is 2.58 bits per heavy atom. The number of nitrogens with zero attached hydrogens (tertiary/aromatic N) is 5. The van der Waals surface area contributed by atoms with Crippen molar-refractivity contribution in [2.75, 3.05) is 26.8 Å². The number of tetrazole rings is 1. The molecule has 1 amide bonds. The number of benzene rings is 2. The highest BCUT2D eigenvalue weighted by Crippen LogP contribution is 2.29. The molecule has 0 spiro atoms. The molecule has 31 heavy (non-hydrogen) atoms. The van der Waals surface area contributed by atoms with Gasteiger partial charge in [-0.1, -0.05) is 12.1 Å². The highest BCUT2D eigenvalue weighted by atomic mass is 16.5. The van der Waals surface area contributed by atoms with Crippen LogP contribution in [0.15, 0.2) is 54.9 Å². The molecular formula is C22H25N5O4. The second-order valence-electron chi connectivity index (χ2n) is 7.49. The predicted molar refractivity (Wildman–Crippen MR) is 112 cm³/mol. The molecule has 9 nitrogen and oxygen atoms in total. The topological polar surface area (TPSA) is 103 Å².